The second-order valence-electron chi connectivity index (χ2n) is 2.27. The Kier molecular flexibility index (Phi) is 3.49. The van der Waals surface area contributed by atoms with E-state index in [9.17, 15) is 0 Å². The van der Waals surface area contributed by atoms with Gasteiger partial charge in [-0.15, -0.1) is 17.3 Å². The van der Waals surface area contributed by atoms with Crippen LogP contribution < -0.4 is 15.2 Å². The van der Waals surface area contributed by atoms with Gasteiger partial charge in [0.15, 0.2) is 0 Å². The van der Waals surface area contributed by atoms with Gasteiger partial charge in [-0.25, -0.2) is 0 Å². The van der Waals surface area contributed by atoms with Crippen LogP contribution in [0.3, 0.4) is 0 Å². The lowest BCUT2D eigenvalue weighted by atomic mass is 10.5. The highest BCUT2D eigenvalue weighted by atomic mass is 16.5. The molecule has 0 spiro atoms. The van der Waals surface area contributed by atoms with Crippen LogP contribution in [-0.4, -0.2) is 28.7 Å². The standard InChI is InChI=1S/C8H10N4O2/c1-3-4-5-14-8-11-6(9)10-7(12-8)13-2/h1H,4-5H2,2H3,(H2,9,10,11,12). The zero-order chi connectivity index (χ0) is 10.4. The third kappa shape index (κ3) is 2.79. The van der Waals surface area contributed by atoms with Crippen LogP contribution in [0.4, 0.5) is 5.95 Å². The second-order valence-corrected chi connectivity index (χ2v) is 2.27. The minimum absolute atomic E-state index is 0.0487. The summed E-state index contributed by atoms with van der Waals surface area (Å²) in [5.74, 6) is 2.47. The number of aromatic nitrogens is 3. The smallest absolute Gasteiger partial charge is 0.324 e. The van der Waals surface area contributed by atoms with Gasteiger partial charge in [0.1, 0.15) is 6.61 Å². The zero-order valence-electron chi connectivity index (χ0n) is 7.73. The maximum atomic E-state index is 5.38. The highest BCUT2D eigenvalue weighted by molar-refractivity contribution is 5.20. The van der Waals surface area contributed by atoms with Crippen molar-refractivity contribution in [2.75, 3.05) is 19.5 Å². The molecule has 0 unspecified atom stereocenters. The van der Waals surface area contributed by atoms with Crippen molar-refractivity contribution < 1.29 is 9.47 Å². The Morgan fingerprint density at radius 2 is 2.07 bits per heavy atom. The molecule has 0 aromatic carbocycles. The van der Waals surface area contributed by atoms with Gasteiger partial charge in [0.2, 0.25) is 5.95 Å². The number of anilines is 1. The summed E-state index contributed by atoms with van der Waals surface area (Å²) >= 11 is 0. The largest absolute Gasteiger partial charge is 0.467 e. The molecule has 0 aliphatic rings. The summed E-state index contributed by atoms with van der Waals surface area (Å²) in [6.45, 7) is 0.336. The van der Waals surface area contributed by atoms with E-state index in [1.165, 1.54) is 7.11 Å². The van der Waals surface area contributed by atoms with E-state index in [-0.39, 0.29) is 18.0 Å². The monoisotopic (exact) mass is 194 g/mol. The van der Waals surface area contributed by atoms with Gasteiger partial charge in [-0.2, -0.15) is 9.97 Å². The van der Waals surface area contributed by atoms with Gasteiger partial charge in [0, 0.05) is 6.42 Å². The lowest BCUT2D eigenvalue weighted by Crippen LogP contribution is -2.06. The molecule has 0 radical (unpaired) electrons. The molecule has 6 nitrogen and oxygen atoms in total. The van der Waals surface area contributed by atoms with E-state index >= 15 is 0 Å². The van der Waals surface area contributed by atoms with Gasteiger partial charge in [0.25, 0.3) is 0 Å². The van der Waals surface area contributed by atoms with Crippen molar-refractivity contribution in [3.05, 3.63) is 0 Å². The molecule has 0 bridgehead atoms. The van der Waals surface area contributed by atoms with Crippen LogP contribution in [0.1, 0.15) is 6.42 Å². The molecule has 2 N–H and O–H groups in total. The van der Waals surface area contributed by atoms with Crippen molar-refractivity contribution in [1.29, 1.82) is 0 Å². The van der Waals surface area contributed by atoms with Crippen molar-refractivity contribution in [2.45, 2.75) is 6.42 Å². The Morgan fingerprint density at radius 3 is 2.71 bits per heavy atom. The van der Waals surface area contributed by atoms with E-state index in [4.69, 9.17) is 21.6 Å². The fourth-order valence-corrected chi connectivity index (χ4v) is 0.710. The second kappa shape index (κ2) is 4.87. The number of hydrogen-bond donors (Lipinski definition) is 1. The number of nitrogen functional groups attached to an aromatic ring is 1. The number of methoxy groups -OCH3 is 1. The van der Waals surface area contributed by atoms with E-state index in [2.05, 4.69) is 20.9 Å². The van der Waals surface area contributed by atoms with Crippen LogP contribution in [0.2, 0.25) is 0 Å². The highest BCUT2D eigenvalue weighted by Crippen LogP contribution is 2.09. The molecular formula is C8H10N4O2. The normalized spacial score (nSPS) is 9.14. The molecule has 1 rings (SSSR count). The summed E-state index contributed by atoms with van der Waals surface area (Å²) in [7, 11) is 1.43. The van der Waals surface area contributed by atoms with E-state index in [0.29, 0.717) is 13.0 Å². The Bertz CT molecular complexity index is 348. The van der Waals surface area contributed by atoms with Crippen molar-refractivity contribution in [2.24, 2.45) is 0 Å². The molecule has 0 amide bonds. The minimum Gasteiger partial charge on any atom is -0.467 e. The molecule has 0 atom stereocenters. The van der Waals surface area contributed by atoms with E-state index in [1.54, 1.807) is 0 Å². The van der Waals surface area contributed by atoms with Crippen molar-refractivity contribution in [1.82, 2.24) is 15.0 Å². The molecule has 1 heterocycles. The van der Waals surface area contributed by atoms with Crippen LogP contribution in [-0.2, 0) is 0 Å². The van der Waals surface area contributed by atoms with Gasteiger partial charge in [-0.05, 0) is 0 Å². The predicted molar refractivity (Wildman–Crippen MR) is 49.7 cm³/mol. The summed E-state index contributed by atoms with van der Waals surface area (Å²) in [4.78, 5) is 11.2. The van der Waals surface area contributed by atoms with Crippen molar-refractivity contribution in [3.8, 4) is 24.4 Å². The highest BCUT2D eigenvalue weighted by Gasteiger charge is 2.04. The van der Waals surface area contributed by atoms with Crippen molar-refractivity contribution in [3.63, 3.8) is 0 Å². The molecule has 74 valence electrons. The summed E-state index contributed by atoms with van der Waals surface area (Å²) < 4.78 is 9.88. The van der Waals surface area contributed by atoms with E-state index in [1.807, 2.05) is 0 Å². The summed E-state index contributed by atoms with van der Waals surface area (Å²) in [5.41, 5.74) is 5.38. The van der Waals surface area contributed by atoms with Crippen LogP contribution in [0.15, 0.2) is 0 Å². The molecule has 0 aliphatic carbocycles. The van der Waals surface area contributed by atoms with Gasteiger partial charge < -0.3 is 15.2 Å². The van der Waals surface area contributed by atoms with E-state index in [0.717, 1.165) is 0 Å². The maximum absolute atomic E-state index is 5.38. The minimum atomic E-state index is 0.0487. The first kappa shape index (κ1) is 10.1. The molecule has 1 aromatic rings. The Hall–Kier alpha value is -2.03. The fraction of sp³-hybridized carbons (Fsp3) is 0.375. The Labute approximate surface area is 81.5 Å². The van der Waals surface area contributed by atoms with Crippen LogP contribution in [0.5, 0.6) is 12.0 Å². The number of ether oxygens (including phenoxy) is 2. The molecule has 0 saturated carbocycles. The molecule has 0 saturated heterocycles. The molecule has 0 fully saturated rings. The Morgan fingerprint density at radius 1 is 1.36 bits per heavy atom. The number of terminal acetylenes is 1. The summed E-state index contributed by atoms with van der Waals surface area (Å²) in [5, 5.41) is 0. The number of hydrogen-bond acceptors (Lipinski definition) is 6. The lowest BCUT2D eigenvalue weighted by Gasteiger charge is -2.03. The van der Waals surface area contributed by atoms with E-state index < -0.39 is 0 Å². The number of nitrogens with zero attached hydrogens (tertiary/aromatic N) is 3. The first-order chi connectivity index (χ1) is 6.76. The first-order valence-corrected chi connectivity index (χ1v) is 3.88. The molecular weight excluding hydrogens is 184 g/mol. The topological polar surface area (TPSA) is 83.2 Å². The quantitative estimate of drug-likeness (QED) is 0.530. The predicted octanol–water partition coefficient (Wildman–Crippen LogP) is -0.136. The molecule has 14 heavy (non-hydrogen) atoms. The molecule has 6 heteroatoms. The molecule has 1 aromatic heterocycles. The fourth-order valence-electron chi connectivity index (χ4n) is 0.710. The Balaban J connectivity index is 2.67. The van der Waals surface area contributed by atoms with Gasteiger partial charge in [0.05, 0.1) is 7.11 Å². The van der Waals surface area contributed by atoms with Crippen LogP contribution in [0.25, 0.3) is 0 Å². The first-order valence-electron chi connectivity index (χ1n) is 3.88. The third-order valence-electron chi connectivity index (χ3n) is 1.27. The average molecular weight is 194 g/mol. The number of nitrogens with two attached hydrogens (primary N) is 1. The van der Waals surface area contributed by atoms with Gasteiger partial charge >= 0.3 is 12.0 Å². The molecule has 0 aliphatic heterocycles. The van der Waals surface area contributed by atoms with Crippen LogP contribution in [0, 0.1) is 12.3 Å². The lowest BCUT2D eigenvalue weighted by molar-refractivity contribution is 0.289. The zero-order valence-corrected chi connectivity index (χ0v) is 7.73. The average Bonchev–Trinajstić information content (AvgIpc) is 2.17. The van der Waals surface area contributed by atoms with Crippen LogP contribution >= 0.6 is 0 Å². The summed E-state index contributed by atoms with van der Waals surface area (Å²) in [6.07, 6.45) is 5.53. The SMILES string of the molecule is C#CCCOc1nc(N)nc(OC)n1. The summed E-state index contributed by atoms with van der Waals surface area (Å²) in [6, 6.07) is 0.234. The maximum Gasteiger partial charge on any atom is 0.324 e. The third-order valence-corrected chi connectivity index (χ3v) is 1.27. The van der Waals surface area contributed by atoms with Gasteiger partial charge in [-0.1, -0.05) is 0 Å². The van der Waals surface area contributed by atoms with Crippen molar-refractivity contribution >= 4 is 5.95 Å². The number of rotatable bonds is 4. The van der Waals surface area contributed by atoms with Gasteiger partial charge in [-0.3, -0.25) is 0 Å².